The Labute approximate surface area is 197 Å². The van der Waals surface area contributed by atoms with Crippen molar-refractivity contribution in [3.8, 4) is 0 Å². The molecule has 0 saturated carbocycles. The number of furan rings is 1. The molecule has 33 heavy (non-hydrogen) atoms. The first-order chi connectivity index (χ1) is 15.9. The second kappa shape index (κ2) is 11.9. The average molecular weight is 460 g/mol. The summed E-state index contributed by atoms with van der Waals surface area (Å²) < 4.78 is 11.0. The van der Waals surface area contributed by atoms with E-state index in [1.165, 1.54) is 0 Å². The van der Waals surface area contributed by atoms with Crippen LogP contribution in [0.5, 0.6) is 0 Å². The number of amides is 2. The molecule has 7 nitrogen and oxygen atoms in total. The first kappa shape index (κ1) is 25.5. The Morgan fingerprint density at radius 2 is 2.15 bits per heavy atom. The highest BCUT2D eigenvalue weighted by Crippen LogP contribution is 2.42. The van der Waals surface area contributed by atoms with Crippen molar-refractivity contribution in [2.24, 2.45) is 11.8 Å². The van der Waals surface area contributed by atoms with E-state index in [2.05, 4.69) is 24.5 Å². The minimum atomic E-state index is -1.08. The molecular weight excluding hydrogens is 418 g/mol. The van der Waals surface area contributed by atoms with E-state index in [1.54, 1.807) is 13.4 Å². The monoisotopic (exact) mass is 459 g/mol. The summed E-state index contributed by atoms with van der Waals surface area (Å²) in [7, 11) is 3.60. The molecule has 1 aromatic heterocycles. The van der Waals surface area contributed by atoms with Crippen molar-refractivity contribution in [2.45, 2.75) is 57.6 Å². The van der Waals surface area contributed by atoms with Crippen molar-refractivity contribution < 1.29 is 19.1 Å². The van der Waals surface area contributed by atoms with E-state index in [9.17, 15) is 9.90 Å². The number of urea groups is 1. The van der Waals surface area contributed by atoms with E-state index < -0.39 is 5.60 Å². The van der Waals surface area contributed by atoms with Gasteiger partial charge in [0.05, 0.1) is 11.9 Å². The molecule has 3 rings (SSSR count). The molecule has 1 aliphatic heterocycles. The van der Waals surface area contributed by atoms with Gasteiger partial charge in [0.2, 0.25) is 0 Å². The predicted octanol–water partition coefficient (Wildman–Crippen LogP) is 4.10. The summed E-state index contributed by atoms with van der Waals surface area (Å²) in [5, 5.41) is 19.6. The van der Waals surface area contributed by atoms with Crippen LogP contribution < -0.4 is 10.6 Å². The van der Waals surface area contributed by atoms with Crippen LogP contribution in [-0.4, -0.2) is 62.5 Å². The van der Waals surface area contributed by atoms with Crippen molar-refractivity contribution in [1.29, 1.82) is 0 Å². The topological polar surface area (TPSA) is 87.0 Å². The summed E-state index contributed by atoms with van der Waals surface area (Å²) in [6.07, 6.45) is 5.72. The SMILES string of the molecule is CNC[C@@H](NC(=O)N1CCC[C@@H]([C@@](O)(CCCCOC)c2cccc3ccoc23)C1)C(C)C. The van der Waals surface area contributed by atoms with Crippen LogP contribution in [-0.2, 0) is 10.3 Å². The van der Waals surface area contributed by atoms with Gasteiger partial charge in [0, 0.05) is 56.3 Å². The number of unbranched alkanes of at least 4 members (excludes halogenated alkanes) is 1. The molecule has 1 fully saturated rings. The zero-order valence-electron chi connectivity index (χ0n) is 20.6. The summed E-state index contributed by atoms with van der Waals surface area (Å²) >= 11 is 0. The molecule has 3 atom stereocenters. The quantitative estimate of drug-likeness (QED) is 0.441. The molecule has 2 amide bonds. The van der Waals surface area contributed by atoms with Gasteiger partial charge in [0.15, 0.2) is 0 Å². The van der Waals surface area contributed by atoms with Gasteiger partial charge >= 0.3 is 6.03 Å². The fourth-order valence-electron chi connectivity index (χ4n) is 5.01. The molecule has 1 aromatic carbocycles. The standard InChI is InChI=1S/C26H41N3O4/c1-19(2)23(17-27-3)28-25(30)29-14-8-10-21(18-29)26(31,13-5-6-15-32-4)22-11-7-9-20-12-16-33-24(20)22/h7,9,11-12,16,19,21,23,27,31H,5-6,8,10,13-15,17-18H2,1-4H3,(H,28,30)/t21-,23-,26+/m1/s1. The van der Waals surface area contributed by atoms with Gasteiger partial charge in [0.25, 0.3) is 0 Å². The van der Waals surface area contributed by atoms with Gasteiger partial charge in [0.1, 0.15) is 5.58 Å². The molecule has 2 heterocycles. The Balaban J connectivity index is 1.83. The summed E-state index contributed by atoms with van der Waals surface area (Å²) in [5.41, 5.74) is 0.485. The molecule has 3 N–H and O–H groups in total. The van der Waals surface area contributed by atoms with Crippen LogP contribution in [0.2, 0.25) is 0 Å². The van der Waals surface area contributed by atoms with E-state index in [0.29, 0.717) is 32.0 Å². The van der Waals surface area contributed by atoms with E-state index in [4.69, 9.17) is 9.15 Å². The van der Waals surface area contributed by atoms with Crippen molar-refractivity contribution in [3.63, 3.8) is 0 Å². The van der Waals surface area contributed by atoms with E-state index in [0.717, 1.165) is 48.8 Å². The number of piperidine rings is 1. The molecule has 0 aliphatic carbocycles. The van der Waals surface area contributed by atoms with E-state index in [1.807, 2.05) is 36.2 Å². The lowest BCUT2D eigenvalue weighted by atomic mass is 9.73. The number of hydrogen-bond acceptors (Lipinski definition) is 5. The minimum Gasteiger partial charge on any atom is -0.464 e. The van der Waals surface area contributed by atoms with E-state index >= 15 is 0 Å². The van der Waals surface area contributed by atoms with Gasteiger partial charge in [-0.1, -0.05) is 32.0 Å². The van der Waals surface area contributed by atoms with Gasteiger partial charge < -0.3 is 29.8 Å². The van der Waals surface area contributed by atoms with Crippen molar-refractivity contribution in [2.75, 3.05) is 40.4 Å². The summed E-state index contributed by atoms with van der Waals surface area (Å²) in [6.45, 7) is 6.85. The third kappa shape index (κ3) is 6.08. The Morgan fingerprint density at radius 1 is 1.33 bits per heavy atom. The lowest BCUT2D eigenvalue weighted by Gasteiger charge is -2.43. The van der Waals surface area contributed by atoms with Gasteiger partial charge in [-0.3, -0.25) is 0 Å². The van der Waals surface area contributed by atoms with Crippen LogP contribution in [0.4, 0.5) is 4.79 Å². The van der Waals surface area contributed by atoms with Crippen LogP contribution in [0.1, 0.15) is 51.5 Å². The maximum absolute atomic E-state index is 13.1. The van der Waals surface area contributed by atoms with Gasteiger partial charge in [-0.2, -0.15) is 0 Å². The maximum Gasteiger partial charge on any atom is 0.317 e. The molecule has 184 valence electrons. The van der Waals surface area contributed by atoms with Crippen molar-refractivity contribution in [1.82, 2.24) is 15.5 Å². The number of benzene rings is 1. The molecule has 1 saturated heterocycles. The van der Waals surface area contributed by atoms with Crippen molar-refractivity contribution in [3.05, 3.63) is 36.1 Å². The molecule has 1 aliphatic rings. The molecule has 2 aromatic rings. The fraction of sp³-hybridized carbons (Fsp3) is 0.654. The highest BCUT2D eigenvalue weighted by atomic mass is 16.5. The summed E-state index contributed by atoms with van der Waals surface area (Å²) in [4.78, 5) is 15.0. The Kier molecular flexibility index (Phi) is 9.18. The summed E-state index contributed by atoms with van der Waals surface area (Å²) in [5.74, 6) is 0.258. The third-order valence-electron chi connectivity index (χ3n) is 7.02. The number of carbonyl (C=O) groups is 1. The molecule has 7 heteroatoms. The number of hydrogen-bond donors (Lipinski definition) is 3. The molecule has 0 bridgehead atoms. The van der Waals surface area contributed by atoms with Crippen LogP contribution in [0, 0.1) is 11.8 Å². The smallest absolute Gasteiger partial charge is 0.317 e. The third-order valence-corrected chi connectivity index (χ3v) is 7.02. The average Bonchev–Trinajstić information content (AvgIpc) is 3.30. The van der Waals surface area contributed by atoms with Crippen LogP contribution in [0.15, 0.2) is 34.9 Å². The van der Waals surface area contributed by atoms with Gasteiger partial charge in [-0.15, -0.1) is 0 Å². The first-order valence-electron chi connectivity index (χ1n) is 12.3. The lowest BCUT2D eigenvalue weighted by Crippen LogP contribution is -2.54. The highest BCUT2D eigenvalue weighted by molar-refractivity contribution is 5.81. The number of likely N-dealkylation sites (N-methyl/N-ethyl adjacent to an activating group) is 1. The molecule has 0 spiro atoms. The number of rotatable bonds is 11. The molecule has 0 unspecified atom stereocenters. The Hall–Kier alpha value is -2.09. The number of methoxy groups -OCH3 is 1. The minimum absolute atomic E-state index is 0.0495. The highest BCUT2D eigenvalue weighted by Gasteiger charge is 2.42. The first-order valence-corrected chi connectivity index (χ1v) is 12.3. The summed E-state index contributed by atoms with van der Waals surface area (Å²) in [6, 6.07) is 7.90. The predicted molar refractivity (Wildman–Crippen MR) is 131 cm³/mol. The molecular formula is C26H41N3O4. The second-order valence-corrected chi connectivity index (χ2v) is 9.66. The number of carbonyl (C=O) groups excluding carboxylic acids is 1. The number of likely N-dealkylation sites (tertiary alicyclic amines) is 1. The van der Waals surface area contributed by atoms with Crippen LogP contribution in [0.25, 0.3) is 11.0 Å². The zero-order valence-corrected chi connectivity index (χ0v) is 20.6. The largest absolute Gasteiger partial charge is 0.464 e. The normalized spacial score (nSPS) is 19.6. The Bertz CT molecular complexity index is 883. The maximum atomic E-state index is 13.1. The van der Waals surface area contributed by atoms with Gasteiger partial charge in [-0.25, -0.2) is 4.79 Å². The number of aliphatic hydroxyl groups is 1. The van der Waals surface area contributed by atoms with Crippen LogP contribution in [0.3, 0.4) is 0 Å². The Morgan fingerprint density at radius 3 is 2.88 bits per heavy atom. The second-order valence-electron chi connectivity index (χ2n) is 9.66. The van der Waals surface area contributed by atoms with E-state index in [-0.39, 0.29) is 18.0 Å². The van der Waals surface area contributed by atoms with Gasteiger partial charge in [-0.05, 0) is 51.1 Å². The number of para-hydroxylation sites is 1. The number of fused-ring (bicyclic) bond motifs is 1. The number of nitrogens with one attached hydrogen (secondary N) is 2. The zero-order chi connectivity index (χ0) is 23.8. The number of ether oxygens (including phenoxy) is 1. The lowest BCUT2D eigenvalue weighted by molar-refractivity contribution is -0.0558. The number of nitrogens with zero attached hydrogens (tertiary/aromatic N) is 1. The molecule has 0 radical (unpaired) electrons. The van der Waals surface area contributed by atoms with Crippen molar-refractivity contribution >= 4 is 17.0 Å². The fourth-order valence-corrected chi connectivity index (χ4v) is 5.01. The van der Waals surface area contributed by atoms with Crippen LogP contribution >= 0.6 is 0 Å².